The van der Waals surface area contributed by atoms with Gasteiger partial charge in [-0.25, -0.2) is 0 Å². The van der Waals surface area contributed by atoms with Crippen LogP contribution < -0.4 is 0 Å². The van der Waals surface area contributed by atoms with E-state index < -0.39 is 8.07 Å². The van der Waals surface area contributed by atoms with E-state index in [0.29, 0.717) is 16.6 Å². The molecule has 2 aromatic carbocycles. The molecule has 0 spiro atoms. The highest BCUT2D eigenvalue weighted by molar-refractivity contribution is 6.90. The monoisotopic (exact) mass is 470 g/mol. The molecule has 182 valence electrons. The molecule has 0 aliphatic heterocycles. The average Bonchev–Trinajstić information content (AvgIpc) is 2.82. The summed E-state index contributed by atoms with van der Waals surface area (Å²) < 4.78 is 0. The van der Waals surface area contributed by atoms with Crippen molar-refractivity contribution < 1.29 is 0 Å². The highest BCUT2D eigenvalue weighted by Gasteiger charge is 2.41. The van der Waals surface area contributed by atoms with E-state index in [2.05, 4.69) is 133 Å². The summed E-state index contributed by atoms with van der Waals surface area (Å²) in [6, 6.07) is 21.4. The maximum atomic E-state index is 3.99. The second-order valence-electron chi connectivity index (χ2n) is 10.5. The van der Waals surface area contributed by atoms with Gasteiger partial charge in [0.1, 0.15) is 8.07 Å². The number of unbranched alkanes of at least 4 members (excludes halogenated alkanes) is 3. The van der Waals surface area contributed by atoms with Gasteiger partial charge in [-0.05, 0) is 58.3 Å². The fraction of sp³-hybridized carbons (Fsp3) is 0.455. The molecule has 34 heavy (non-hydrogen) atoms. The van der Waals surface area contributed by atoms with E-state index in [0.717, 1.165) is 6.42 Å². The molecule has 0 saturated carbocycles. The number of rotatable bonds is 11. The van der Waals surface area contributed by atoms with Crippen LogP contribution >= 0.6 is 0 Å². The van der Waals surface area contributed by atoms with Crippen LogP contribution in [0.2, 0.25) is 16.6 Å². The molecule has 0 saturated heterocycles. The summed E-state index contributed by atoms with van der Waals surface area (Å²) in [7, 11) is -1.77. The van der Waals surface area contributed by atoms with Crippen molar-refractivity contribution in [2.24, 2.45) is 0 Å². The van der Waals surface area contributed by atoms with Crippen LogP contribution in [0, 0.1) is 11.5 Å². The van der Waals surface area contributed by atoms with Crippen LogP contribution in [0.25, 0.3) is 11.6 Å². The lowest BCUT2D eigenvalue weighted by Crippen LogP contribution is -2.43. The van der Waals surface area contributed by atoms with E-state index >= 15 is 0 Å². The van der Waals surface area contributed by atoms with Crippen LogP contribution in [0.15, 0.2) is 72.3 Å². The van der Waals surface area contributed by atoms with Crippen LogP contribution in [0.1, 0.15) is 91.7 Å². The van der Waals surface area contributed by atoms with E-state index in [1.807, 2.05) is 0 Å². The summed E-state index contributed by atoms with van der Waals surface area (Å²) in [5.74, 6) is 3.80. The van der Waals surface area contributed by atoms with Crippen LogP contribution in [0.5, 0.6) is 0 Å². The minimum atomic E-state index is -1.77. The Morgan fingerprint density at radius 2 is 1.32 bits per heavy atom. The maximum absolute atomic E-state index is 3.99. The summed E-state index contributed by atoms with van der Waals surface area (Å²) in [5.41, 5.74) is 10.9. The summed E-state index contributed by atoms with van der Waals surface area (Å²) >= 11 is 0. The van der Waals surface area contributed by atoms with Gasteiger partial charge in [-0.2, -0.15) is 0 Å². The van der Waals surface area contributed by atoms with Crippen molar-refractivity contribution >= 4 is 19.7 Å². The van der Waals surface area contributed by atoms with Gasteiger partial charge in [0, 0.05) is 5.57 Å². The highest BCUT2D eigenvalue weighted by atomic mass is 28.3. The third-order valence-corrected chi connectivity index (χ3v) is 13.5. The van der Waals surface area contributed by atoms with Gasteiger partial charge >= 0.3 is 0 Å². The molecule has 0 aliphatic rings. The Balaban J connectivity index is 2.59. The van der Waals surface area contributed by atoms with E-state index in [1.165, 1.54) is 48.0 Å². The van der Waals surface area contributed by atoms with Gasteiger partial charge in [0.15, 0.2) is 0 Å². The topological polar surface area (TPSA) is 0 Å². The Morgan fingerprint density at radius 1 is 0.765 bits per heavy atom. The Bertz CT molecular complexity index is 944. The van der Waals surface area contributed by atoms with Crippen LogP contribution in [-0.2, 0) is 0 Å². The molecule has 0 atom stereocenters. The Kier molecular flexibility index (Phi) is 11.7. The quantitative estimate of drug-likeness (QED) is 0.101. The van der Waals surface area contributed by atoms with E-state index in [1.54, 1.807) is 0 Å². The molecule has 0 amide bonds. The van der Waals surface area contributed by atoms with Gasteiger partial charge in [0.25, 0.3) is 0 Å². The van der Waals surface area contributed by atoms with Crippen molar-refractivity contribution in [3.05, 3.63) is 83.4 Å². The van der Waals surface area contributed by atoms with E-state index in [-0.39, 0.29) is 0 Å². The van der Waals surface area contributed by atoms with Crippen LogP contribution in [0.4, 0.5) is 0 Å². The second kappa shape index (κ2) is 14.2. The zero-order valence-electron chi connectivity index (χ0n) is 22.7. The third kappa shape index (κ3) is 7.88. The fourth-order valence-electron chi connectivity index (χ4n) is 5.29. The van der Waals surface area contributed by atoms with Gasteiger partial charge in [-0.1, -0.05) is 134 Å². The van der Waals surface area contributed by atoms with Crippen molar-refractivity contribution in [3.63, 3.8) is 0 Å². The molecular formula is C33H46Si. The first-order chi connectivity index (χ1) is 16.3. The standard InChI is InChI=1S/C33H46Si/c1-8-9-10-13-20-31(23-24-34(27(2)3,28(4)5)29(6)7)26-33(32-21-16-12-17-22-32)25-30-18-14-11-15-19-30/h11-12,14-19,21-22,25-29H,8-10,13,20H2,1-7H3/b31-26-,33-25-. The Hall–Kier alpha value is -2.30. The van der Waals surface area contributed by atoms with Gasteiger partial charge in [-0.15, -0.1) is 5.54 Å². The van der Waals surface area contributed by atoms with Crippen molar-refractivity contribution in [2.45, 2.75) is 97.2 Å². The minimum Gasteiger partial charge on any atom is -0.125 e. The predicted octanol–water partition coefficient (Wildman–Crippen LogP) is 10.3. The van der Waals surface area contributed by atoms with Crippen LogP contribution in [-0.4, -0.2) is 8.07 Å². The molecule has 0 radical (unpaired) electrons. The molecule has 0 aliphatic carbocycles. The molecular weight excluding hydrogens is 424 g/mol. The Labute approximate surface area is 211 Å². The largest absolute Gasteiger partial charge is 0.146 e. The number of hydrogen-bond donors (Lipinski definition) is 0. The predicted molar refractivity (Wildman–Crippen MR) is 156 cm³/mol. The Morgan fingerprint density at radius 3 is 1.85 bits per heavy atom. The maximum Gasteiger partial charge on any atom is 0.146 e. The van der Waals surface area contributed by atoms with Crippen molar-refractivity contribution in [2.75, 3.05) is 0 Å². The summed E-state index contributed by atoms with van der Waals surface area (Å²) in [6.45, 7) is 16.7. The van der Waals surface area contributed by atoms with Gasteiger partial charge < -0.3 is 0 Å². The fourth-order valence-corrected chi connectivity index (χ4v) is 10.5. The number of benzene rings is 2. The number of allylic oxidation sites excluding steroid dienone is 3. The molecule has 2 aromatic rings. The highest BCUT2D eigenvalue weighted by Crippen LogP contribution is 2.41. The lowest BCUT2D eigenvalue weighted by Gasteiger charge is -2.38. The number of hydrogen-bond acceptors (Lipinski definition) is 0. The molecule has 0 aromatic heterocycles. The lowest BCUT2D eigenvalue weighted by molar-refractivity contribution is 0.669. The first-order valence-corrected chi connectivity index (χ1v) is 15.6. The van der Waals surface area contributed by atoms with Crippen LogP contribution in [0.3, 0.4) is 0 Å². The van der Waals surface area contributed by atoms with E-state index in [4.69, 9.17) is 0 Å². The van der Waals surface area contributed by atoms with Gasteiger partial charge in [0.05, 0.1) is 0 Å². The third-order valence-electron chi connectivity index (χ3n) is 7.16. The van der Waals surface area contributed by atoms with Gasteiger partial charge in [-0.3, -0.25) is 0 Å². The molecule has 0 nitrogen and oxygen atoms in total. The van der Waals surface area contributed by atoms with Gasteiger partial charge in [0.2, 0.25) is 0 Å². The molecule has 0 heterocycles. The first-order valence-electron chi connectivity index (χ1n) is 13.4. The molecule has 1 heteroatoms. The smallest absolute Gasteiger partial charge is 0.125 e. The van der Waals surface area contributed by atoms with Crippen molar-refractivity contribution in [1.29, 1.82) is 0 Å². The average molecular weight is 471 g/mol. The molecule has 0 N–H and O–H groups in total. The molecule has 0 fully saturated rings. The molecule has 0 unspecified atom stereocenters. The summed E-state index contributed by atoms with van der Waals surface area (Å²) in [6.07, 6.45) is 10.8. The SMILES string of the molecule is CCCCCC/C(C#C[Si](C(C)C)(C(C)C)C(C)C)=C/C(=C/c1ccccc1)c1ccccc1. The van der Waals surface area contributed by atoms with Crippen molar-refractivity contribution in [1.82, 2.24) is 0 Å². The molecule has 0 bridgehead atoms. The second-order valence-corrected chi connectivity index (χ2v) is 16.1. The van der Waals surface area contributed by atoms with E-state index in [9.17, 15) is 0 Å². The minimum absolute atomic E-state index is 0.648. The first kappa shape index (κ1) is 27.9. The van der Waals surface area contributed by atoms with Crippen molar-refractivity contribution in [3.8, 4) is 11.5 Å². The zero-order valence-corrected chi connectivity index (χ0v) is 23.7. The normalized spacial score (nSPS) is 12.9. The lowest BCUT2D eigenvalue weighted by atomic mass is 9.98. The summed E-state index contributed by atoms with van der Waals surface area (Å²) in [5, 5.41) is 0. The summed E-state index contributed by atoms with van der Waals surface area (Å²) in [4.78, 5) is 0. The zero-order chi connectivity index (χ0) is 25.0. The molecule has 2 rings (SSSR count).